The lowest BCUT2D eigenvalue weighted by atomic mass is 9.94. The topological polar surface area (TPSA) is 0 Å². The molecule has 106 valence electrons. The summed E-state index contributed by atoms with van der Waals surface area (Å²) in [6, 6.07) is 10.2. The second-order valence-electron chi connectivity index (χ2n) is 4.77. The smallest absolute Gasteiger partial charge is 0.162 e. The predicted octanol–water partition coefficient (Wildman–Crippen LogP) is 4.74. The second kappa shape index (κ2) is 6.80. The third-order valence-electron chi connectivity index (χ3n) is 3.20. The van der Waals surface area contributed by atoms with Crippen LogP contribution in [0.4, 0.5) is 13.2 Å². The van der Waals surface area contributed by atoms with Crippen molar-refractivity contribution < 1.29 is 13.2 Å². The molecule has 0 N–H and O–H groups in total. The van der Waals surface area contributed by atoms with Gasteiger partial charge in [0, 0.05) is 5.88 Å². The van der Waals surface area contributed by atoms with Gasteiger partial charge in [-0.1, -0.05) is 24.3 Å². The standard InChI is InChI=1S/C16H14ClF3/c17-10-12(8-11-4-6-14(18)7-5-11)9-13-2-1-3-15(19)16(13)20/h1-7,12H,8-10H2. The molecule has 0 radical (unpaired) electrons. The van der Waals surface area contributed by atoms with Crippen molar-refractivity contribution in [2.45, 2.75) is 12.8 Å². The quantitative estimate of drug-likeness (QED) is 0.699. The number of hydrogen-bond donors (Lipinski definition) is 0. The van der Waals surface area contributed by atoms with Crippen molar-refractivity contribution in [3.63, 3.8) is 0 Å². The molecule has 0 saturated heterocycles. The average Bonchev–Trinajstić information content (AvgIpc) is 2.45. The molecule has 0 spiro atoms. The van der Waals surface area contributed by atoms with Gasteiger partial charge in [-0.05, 0) is 48.1 Å². The van der Waals surface area contributed by atoms with Crippen LogP contribution in [0.15, 0.2) is 42.5 Å². The Morgan fingerprint density at radius 1 is 0.900 bits per heavy atom. The first kappa shape index (κ1) is 14.9. The summed E-state index contributed by atoms with van der Waals surface area (Å²) in [5.41, 5.74) is 1.24. The minimum absolute atomic E-state index is 0.0292. The molecule has 1 atom stereocenters. The maximum Gasteiger partial charge on any atom is 0.162 e. The zero-order valence-electron chi connectivity index (χ0n) is 10.8. The lowest BCUT2D eigenvalue weighted by Crippen LogP contribution is -2.11. The van der Waals surface area contributed by atoms with Gasteiger partial charge in [0.05, 0.1) is 0 Å². The summed E-state index contributed by atoms with van der Waals surface area (Å²) in [6.07, 6.45) is 0.949. The molecule has 0 aliphatic heterocycles. The fourth-order valence-corrected chi connectivity index (χ4v) is 2.37. The summed E-state index contributed by atoms with van der Waals surface area (Å²) in [5, 5.41) is 0. The van der Waals surface area contributed by atoms with Crippen molar-refractivity contribution in [3.05, 3.63) is 71.0 Å². The predicted molar refractivity (Wildman–Crippen MR) is 74.4 cm³/mol. The molecule has 0 heterocycles. The van der Waals surface area contributed by atoms with Crippen LogP contribution in [0.3, 0.4) is 0 Å². The summed E-state index contributed by atoms with van der Waals surface area (Å²) in [4.78, 5) is 0. The number of rotatable bonds is 5. The van der Waals surface area contributed by atoms with Gasteiger partial charge in [-0.15, -0.1) is 11.6 Å². The summed E-state index contributed by atoms with van der Waals surface area (Å²) < 4.78 is 39.6. The molecule has 2 aromatic rings. The van der Waals surface area contributed by atoms with Gasteiger partial charge in [-0.25, -0.2) is 13.2 Å². The minimum atomic E-state index is -0.849. The molecule has 2 aromatic carbocycles. The maximum absolute atomic E-state index is 13.6. The van der Waals surface area contributed by atoms with Crippen LogP contribution in [0, 0.1) is 23.4 Å². The number of hydrogen-bond acceptors (Lipinski definition) is 0. The van der Waals surface area contributed by atoms with Crippen LogP contribution < -0.4 is 0 Å². The highest BCUT2D eigenvalue weighted by Gasteiger charge is 2.14. The van der Waals surface area contributed by atoms with Gasteiger partial charge in [0.2, 0.25) is 0 Å². The summed E-state index contributed by atoms with van der Waals surface area (Å²) in [7, 11) is 0. The Morgan fingerprint density at radius 2 is 1.60 bits per heavy atom. The van der Waals surface area contributed by atoms with E-state index in [0.29, 0.717) is 24.3 Å². The number of halogens is 4. The Labute approximate surface area is 121 Å². The van der Waals surface area contributed by atoms with Crippen molar-refractivity contribution in [2.24, 2.45) is 5.92 Å². The fourth-order valence-electron chi connectivity index (χ4n) is 2.15. The highest BCUT2D eigenvalue weighted by atomic mass is 35.5. The monoisotopic (exact) mass is 298 g/mol. The highest BCUT2D eigenvalue weighted by molar-refractivity contribution is 6.18. The first-order valence-corrected chi connectivity index (χ1v) is 6.87. The molecule has 2 rings (SSSR count). The van der Waals surface area contributed by atoms with Crippen molar-refractivity contribution >= 4 is 11.6 Å². The largest absolute Gasteiger partial charge is 0.207 e. The lowest BCUT2D eigenvalue weighted by Gasteiger charge is -2.14. The number of alkyl halides is 1. The van der Waals surface area contributed by atoms with E-state index in [9.17, 15) is 13.2 Å². The van der Waals surface area contributed by atoms with Crippen LogP contribution in [0.25, 0.3) is 0 Å². The summed E-state index contributed by atoms with van der Waals surface area (Å²) in [6.45, 7) is 0. The average molecular weight is 299 g/mol. The first-order chi connectivity index (χ1) is 9.60. The maximum atomic E-state index is 13.6. The third kappa shape index (κ3) is 3.76. The molecule has 0 aromatic heterocycles. The van der Waals surface area contributed by atoms with Crippen molar-refractivity contribution in [2.75, 3.05) is 5.88 Å². The lowest BCUT2D eigenvalue weighted by molar-refractivity contribution is 0.483. The van der Waals surface area contributed by atoms with Crippen LogP contribution in [-0.4, -0.2) is 5.88 Å². The van der Waals surface area contributed by atoms with Crippen LogP contribution in [0.2, 0.25) is 0 Å². The van der Waals surface area contributed by atoms with Crippen molar-refractivity contribution in [1.82, 2.24) is 0 Å². The summed E-state index contributed by atoms with van der Waals surface area (Å²) >= 11 is 5.90. The Balaban J connectivity index is 2.09. The van der Waals surface area contributed by atoms with Crippen molar-refractivity contribution in [3.8, 4) is 0 Å². The second-order valence-corrected chi connectivity index (χ2v) is 5.08. The number of benzene rings is 2. The van der Waals surface area contributed by atoms with Gasteiger partial charge in [0.25, 0.3) is 0 Å². The first-order valence-electron chi connectivity index (χ1n) is 6.33. The van der Waals surface area contributed by atoms with E-state index in [2.05, 4.69) is 0 Å². The molecule has 0 fully saturated rings. The van der Waals surface area contributed by atoms with E-state index in [0.717, 1.165) is 11.6 Å². The molecule has 0 aliphatic carbocycles. The van der Waals surface area contributed by atoms with E-state index in [-0.39, 0.29) is 11.7 Å². The normalized spacial score (nSPS) is 12.4. The van der Waals surface area contributed by atoms with Crippen molar-refractivity contribution in [1.29, 1.82) is 0 Å². The Hall–Kier alpha value is -1.48. The van der Waals surface area contributed by atoms with Gasteiger partial charge in [0.1, 0.15) is 5.82 Å². The van der Waals surface area contributed by atoms with E-state index < -0.39 is 11.6 Å². The molecule has 0 amide bonds. The molecule has 0 bridgehead atoms. The Morgan fingerprint density at radius 3 is 2.25 bits per heavy atom. The molecule has 0 aliphatic rings. The van der Waals surface area contributed by atoms with E-state index >= 15 is 0 Å². The molecule has 0 saturated carbocycles. The van der Waals surface area contributed by atoms with Crippen LogP contribution in [0.1, 0.15) is 11.1 Å². The van der Waals surface area contributed by atoms with Crippen LogP contribution in [0.5, 0.6) is 0 Å². The molecule has 1 unspecified atom stereocenters. The molecule has 20 heavy (non-hydrogen) atoms. The van der Waals surface area contributed by atoms with E-state index in [1.165, 1.54) is 18.2 Å². The Kier molecular flexibility index (Phi) is 5.07. The van der Waals surface area contributed by atoms with Gasteiger partial charge in [0.15, 0.2) is 11.6 Å². The van der Waals surface area contributed by atoms with Crippen LogP contribution >= 0.6 is 11.6 Å². The minimum Gasteiger partial charge on any atom is -0.207 e. The highest BCUT2D eigenvalue weighted by Crippen LogP contribution is 2.20. The fraction of sp³-hybridized carbons (Fsp3) is 0.250. The van der Waals surface area contributed by atoms with Gasteiger partial charge in [-0.2, -0.15) is 0 Å². The van der Waals surface area contributed by atoms with E-state index in [1.54, 1.807) is 18.2 Å². The summed E-state index contributed by atoms with van der Waals surface area (Å²) in [5.74, 6) is -1.67. The van der Waals surface area contributed by atoms with E-state index in [1.807, 2.05) is 0 Å². The Bertz CT molecular complexity index is 566. The molecular formula is C16H14ClF3. The van der Waals surface area contributed by atoms with Gasteiger partial charge < -0.3 is 0 Å². The van der Waals surface area contributed by atoms with Gasteiger partial charge >= 0.3 is 0 Å². The molecular weight excluding hydrogens is 285 g/mol. The van der Waals surface area contributed by atoms with Crippen LogP contribution in [-0.2, 0) is 12.8 Å². The zero-order valence-corrected chi connectivity index (χ0v) is 11.5. The van der Waals surface area contributed by atoms with Gasteiger partial charge in [-0.3, -0.25) is 0 Å². The molecule has 0 nitrogen and oxygen atoms in total. The SMILES string of the molecule is Fc1ccc(CC(CCl)Cc2cccc(F)c2F)cc1. The molecule has 4 heteroatoms. The third-order valence-corrected chi connectivity index (χ3v) is 3.63. The van der Waals surface area contributed by atoms with E-state index in [4.69, 9.17) is 11.6 Å². The zero-order chi connectivity index (χ0) is 14.5.